The minimum atomic E-state index is -2.93. The molecule has 1 N–H and O–H groups in total. The summed E-state index contributed by atoms with van der Waals surface area (Å²) in [6, 6.07) is 4.97. The molecular weight excluding hydrogens is 311 g/mol. The topological polar surface area (TPSA) is 68.0 Å². The van der Waals surface area contributed by atoms with Crippen molar-refractivity contribution in [2.24, 2.45) is 0 Å². The van der Waals surface area contributed by atoms with Crippen LogP contribution in [-0.4, -0.2) is 25.8 Å². The lowest BCUT2D eigenvalue weighted by atomic mass is 10.0. The molecule has 0 aliphatic heterocycles. The highest BCUT2D eigenvalue weighted by Gasteiger charge is 2.15. The van der Waals surface area contributed by atoms with E-state index in [9.17, 15) is 18.0 Å². The number of alkyl halides is 2. The van der Waals surface area contributed by atoms with Crippen LogP contribution in [0.3, 0.4) is 0 Å². The average molecular weight is 321 g/mol. The summed E-state index contributed by atoms with van der Waals surface area (Å²) in [7, 11) is 0. The zero-order chi connectivity index (χ0) is 16.6. The molecule has 0 amide bonds. The van der Waals surface area contributed by atoms with E-state index >= 15 is 0 Å². The van der Waals surface area contributed by atoms with E-state index in [2.05, 4.69) is 10.1 Å². The summed E-state index contributed by atoms with van der Waals surface area (Å²) in [6.07, 6.45) is -0.0706. The molecule has 3 rings (SSSR count). The van der Waals surface area contributed by atoms with Crippen LogP contribution >= 0.6 is 0 Å². The maximum absolute atomic E-state index is 13.4. The number of hydrogen-bond donors (Lipinski definition) is 1. The van der Waals surface area contributed by atoms with Crippen molar-refractivity contribution in [3.05, 3.63) is 48.0 Å². The van der Waals surface area contributed by atoms with Crippen molar-refractivity contribution < 1.29 is 23.1 Å². The molecule has 0 unspecified atom stereocenters. The molecule has 0 atom stereocenters. The number of carboxylic acids is 1. The van der Waals surface area contributed by atoms with E-state index in [1.54, 1.807) is 6.07 Å². The van der Waals surface area contributed by atoms with Crippen LogP contribution in [0.4, 0.5) is 13.2 Å². The third kappa shape index (κ3) is 2.87. The molecule has 0 aliphatic carbocycles. The minimum Gasteiger partial charge on any atom is -0.480 e. The Labute approximate surface area is 128 Å². The number of nitrogens with zero attached hydrogens (tertiary/aromatic N) is 3. The quantitative estimate of drug-likeness (QED) is 0.801. The predicted octanol–water partition coefficient (Wildman–Crippen LogP) is 3.26. The Balaban J connectivity index is 2.09. The molecule has 0 saturated heterocycles. The van der Waals surface area contributed by atoms with Gasteiger partial charge in [0.05, 0.1) is 17.3 Å². The number of carboxylic acid groups (broad SMARTS) is 1. The van der Waals surface area contributed by atoms with Gasteiger partial charge in [0.2, 0.25) is 0 Å². The Morgan fingerprint density at radius 3 is 2.70 bits per heavy atom. The monoisotopic (exact) mass is 321 g/mol. The first-order chi connectivity index (χ1) is 11.0. The lowest BCUT2D eigenvalue weighted by Crippen LogP contribution is -2.09. The van der Waals surface area contributed by atoms with Gasteiger partial charge in [0.25, 0.3) is 6.43 Å². The van der Waals surface area contributed by atoms with Gasteiger partial charge in [0.1, 0.15) is 17.9 Å². The highest BCUT2D eigenvalue weighted by Crippen LogP contribution is 2.29. The summed E-state index contributed by atoms with van der Waals surface area (Å²) in [5.41, 5.74) is 1.06. The summed E-state index contributed by atoms with van der Waals surface area (Å²) in [4.78, 5) is 14.9. The molecule has 8 heteroatoms. The standard InChI is InChI=1S/C15H10F3N3O2/c16-11-2-1-8(3-10(11)15(17)18)9-4-13-12(19-5-9)6-20-21(13)7-14(22)23/h1-6,15H,7H2,(H,22,23). The van der Waals surface area contributed by atoms with Crippen LogP contribution in [-0.2, 0) is 11.3 Å². The number of rotatable bonds is 4. The SMILES string of the molecule is O=C(O)Cn1ncc2ncc(-c3ccc(F)c(C(F)F)c3)cc21. The van der Waals surface area contributed by atoms with Gasteiger partial charge in [-0.25, -0.2) is 13.2 Å². The number of benzene rings is 1. The van der Waals surface area contributed by atoms with Gasteiger partial charge in [-0.05, 0) is 23.8 Å². The molecule has 118 valence electrons. The van der Waals surface area contributed by atoms with Crippen LogP contribution in [0.1, 0.15) is 12.0 Å². The van der Waals surface area contributed by atoms with E-state index in [0.29, 0.717) is 22.2 Å². The highest BCUT2D eigenvalue weighted by molar-refractivity contribution is 5.81. The summed E-state index contributed by atoms with van der Waals surface area (Å²) in [5, 5.41) is 12.8. The number of aromatic nitrogens is 3. The lowest BCUT2D eigenvalue weighted by molar-refractivity contribution is -0.137. The molecule has 0 spiro atoms. The Morgan fingerprint density at radius 1 is 1.22 bits per heavy atom. The van der Waals surface area contributed by atoms with Gasteiger partial charge in [0, 0.05) is 11.8 Å². The second-order valence-corrected chi connectivity index (χ2v) is 4.86. The molecule has 0 bridgehead atoms. The summed E-state index contributed by atoms with van der Waals surface area (Å²) in [6.45, 7) is -0.347. The van der Waals surface area contributed by atoms with Crippen molar-refractivity contribution in [1.82, 2.24) is 14.8 Å². The number of hydrogen-bond acceptors (Lipinski definition) is 3. The molecule has 3 aromatic rings. The predicted molar refractivity (Wildman–Crippen MR) is 75.5 cm³/mol. The Bertz CT molecular complexity index is 893. The van der Waals surface area contributed by atoms with Crippen molar-refractivity contribution in [3.8, 4) is 11.1 Å². The van der Waals surface area contributed by atoms with Gasteiger partial charge in [0.15, 0.2) is 0 Å². The number of fused-ring (bicyclic) bond motifs is 1. The molecule has 0 aliphatic rings. The second kappa shape index (κ2) is 5.71. The van der Waals surface area contributed by atoms with Crippen LogP contribution in [0.25, 0.3) is 22.2 Å². The van der Waals surface area contributed by atoms with Crippen LogP contribution in [0.2, 0.25) is 0 Å². The average Bonchev–Trinajstić information content (AvgIpc) is 2.89. The number of aliphatic carboxylic acids is 1. The molecule has 2 aromatic heterocycles. The first kappa shape index (κ1) is 15.0. The van der Waals surface area contributed by atoms with E-state index in [0.717, 1.165) is 12.1 Å². The number of halogens is 3. The van der Waals surface area contributed by atoms with Crippen molar-refractivity contribution >= 4 is 17.0 Å². The fraction of sp³-hybridized carbons (Fsp3) is 0.133. The van der Waals surface area contributed by atoms with Gasteiger partial charge in [-0.3, -0.25) is 14.5 Å². The summed E-state index contributed by atoms with van der Waals surface area (Å²) >= 11 is 0. The zero-order valence-corrected chi connectivity index (χ0v) is 11.6. The molecule has 1 aromatic carbocycles. The second-order valence-electron chi connectivity index (χ2n) is 4.86. The molecule has 5 nitrogen and oxygen atoms in total. The molecule has 2 heterocycles. The van der Waals surface area contributed by atoms with Crippen molar-refractivity contribution in [2.45, 2.75) is 13.0 Å². The van der Waals surface area contributed by atoms with Crippen molar-refractivity contribution in [2.75, 3.05) is 0 Å². The maximum Gasteiger partial charge on any atom is 0.325 e. The summed E-state index contributed by atoms with van der Waals surface area (Å²) in [5.74, 6) is -2.05. The van der Waals surface area contributed by atoms with Crippen molar-refractivity contribution in [1.29, 1.82) is 0 Å². The van der Waals surface area contributed by atoms with E-state index in [-0.39, 0.29) is 6.54 Å². The normalized spacial score (nSPS) is 11.3. The smallest absolute Gasteiger partial charge is 0.325 e. The first-order valence-electron chi connectivity index (χ1n) is 6.57. The molecule has 23 heavy (non-hydrogen) atoms. The van der Waals surface area contributed by atoms with Crippen LogP contribution in [0.5, 0.6) is 0 Å². The Kier molecular flexibility index (Phi) is 3.73. The number of carbonyl (C=O) groups is 1. The Morgan fingerprint density at radius 2 is 2.00 bits per heavy atom. The zero-order valence-electron chi connectivity index (χ0n) is 11.6. The van der Waals surface area contributed by atoms with Gasteiger partial charge in [-0.15, -0.1) is 0 Å². The molecule has 0 fully saturated rings. The summed E-state index contributed by atoms with van der Waals surface area (Å²) < 4.78 is 40.2. The van der Waals surface area contributed by atoms with E-state index in [1.165, 1.54) is 23.1 Å². The molecule has 0 saturated carbocycles. The van der Waals surface area contributed by atoms with Crippen molar-refractivity contribution in [3.63, 3.8) is 0 Å². The first-order valence-corrected chi connectivity index (χ1v) is 6.57. The van der Waals surface area contributed by atoms with Gasteiger partial charge >= 0.3 is 5.97 Å². The fourth-order valence-electron chi connectivity index (χ4n) is 2.26. The van der Waals surface area contributed by atoms with E-state index < -0.39 is 23.8 Å². The van der Waals surface area contributed by atoms with Gasteiger partial charge < -0.3 is 5.11 Å². The van der Waals surface area contributed by atoms with Crippen LogP contribution in [0.15, 0.2) is 36.7 Å². The van der Waals surface area contributed by atoms with E-state index in [1.807, 2.05) is 0 Å². The Hall–Kier alpha value is -2.90. The third-order valence-corrected chi connectivity index (χ3v) is 3.34. The number of pyridine rings is 1. The minimum absolute atomic E-state index is 0.347. The van der Waals surface area contributed by atoms with Gasteiger partial charge in [-0.1, -0.05) is 6.07 Å². The lowest BCUT2D eigenvalue weighted by Gasteiger charge is -2.07. The highest BCUT2D eigenvalue weighted by atomic mass is 19.3. The molecule has 0 radical (unpaired) electrons. The molecular formula is C15H10F3N3O2. The van der Waals surface area contributed by atoms with Crippen LogP contribution < -0.4 is 0 Å². The maximum atomic E-state index is 13.4. The third-order valence-electron chi connectivity index (χ3n) is 3.34. The van der Waals surface area contributed by atoms with Gasteiger partial charge in [-0.2, -0.15) is 5.10 Å². The largest absolute Gasteiger partial charge is 0.480 e. The van der Waals surface area contributed by atoms with Crippen LogP contribution in [0, 0.1) is 5.82 Å². The fourth-order valence-corrected chi connectivity index (χ4v) is 2.26. The van der Waals surface area contributed by atoms with E-state index in [4.69, 9.17) is 5.11 Å².